The summed E-state index contributed by atoms with van der Waals surface area (Å²) in [5.41, 5.74) is 1.03. The van der Waals surface area contributed by atoms with Crippen LogP contribution in [-0.2, 0) is 27.2 Å². The molecule has 1 aliphatic heterocycles. The van der Waals surface area contributed by atoms with Gasteiger partial charge >= 0.3 is 11.9 Å². The third kappa shape index (κ3) is 9.16. The van der Waals surface area contributed by atoms with Gasteiger partial charge in [-0.25, -0.2) is 9.59 Å². The van der Waals surface area contributed by atoms with Crippen LogP contribution in [0.2, 0.25) is 72.5 Å². The Balaban J connectivity index is 3.24. The minimum Gasteiger partial charge on any atom is -0.465 e. The van der Waals surface area contributed by atoms with Gasteiger partial charge in [0.05, 0.1) is 49.8 Å². The van der Waals surface area contributed by atoms with Gasteiger partial charge in [0.25, 0.3) is 0 Å². The van der Waals surface area contributed by atoms with Crippen molar-refractivity contribution in [1.29, 1.82) is 0 Å². The third-order valence-electron chi connectivity index (χ3n) is 12.9. The average molecular weight is 772 g/mol. The van der Waals surface area contributed by atoms with Crippen LogP contribution in [0.25, 0.3) is 0 Å². The van der Waals surface area contributed by atoms with E-state index in [1.54, 1.807) is 6.20 Å². The number of fused-ring (bicyclic) bond motifs is 1. The summed E-state index contributed by atoms with van der Waals surface area (Å²) in [5.74, 6) is -1.16. The number of esters is 2. The Bertz CT molecular complexity index is 1180. The highest BCUT2D eigenvalue weighted by Crippen LogP contribution is 2.48. The van der Waals surface area contributed by atoms with Gasteiger partial charge in [0.2, 0.25) is 0 Å². The Kier molecular flexibility index (Phi) is 17.9. The Morgan fingerprint density at radius 3 is 1.32 bits per heavy atom. The first-order valence-electron chi connectivity index (χ1n) is 19.9. The van der Waals surface area contributed by atoms with Crippen LogP contribution in [0, 0.1) is 0 Å². The molecule has 0 bridgehead atoms. The van der Waals surface area contributed by atoms with Crippen LogP contribution in [-0.4, -0.2) is 82.8 Å². The van der Waals surface area contributed by atoms with E-state index in [1.807, 2.05) is 0 Å². The van der Waals surface area contributed by atoms with Crippen molar-refractivity contribution in [2.45, 2.75) is 180 Å². The first kappa shape index (κ1) is 45.1. The van der Waals surface area contributed by atoms with E-state index >= 15 is 0 Å². The second-order valence-electron chi connectivity index (χ2n) is 14.2. The lowest BCUT2D eigenvalue weighted by atomic mass is 9.92. The first-order valence-corrected chi connectivity index (χ1v) is 30.0. The predicted octanol–water partition coefficient (Wildman–Crippen LogP) is 10.5. The average Bonchev–Trinajstić information content (AvgIpc) is 3.57. The molecule has 0 aliphatic carbocycles. The van der Waals surface area contributed by atoms with Crippen molar-refractivity contribution in [3.8, 4) is 0 Å². The highest BCUT2D eigenvalue weighted by Gasteiger charge is 2.55. The fourth-order valence-electron chi connectivity index (χ4n) is 8.13. The van der Waals surface area contributed by atoms with E-state index < -0.39 is 63.5 Å². The monoisotopic (exact) mass is 771 g/mol. The molecule has 13 heteroatoms. The predicted molar refractivity (Wildman–Crippen MR) is 214 cm³/mol. The SMILES string of the molecule is CC[Si](CC)(CC)OC[C@@H]1[C@@H](O[Si](CC)(CC)CC)[C@H](O[Si](CC)(CC)CC)[C@@H](O[Si](CC)(CC)CC)c2c(C(=O)OC)c(C(=O)OC)cn21. The summed E-state index contributed by atoms with van der Waals surface area (Å²) < 4.78 is 42.9. The molecule has 0 saturated carbocycles. The van der Waals surface area contributed by atoms with Crippen molar-refractivity contribution in [2.75, 3.05) is 20.8 Å². The molecular weight excluding hydrogens is 699 g/mol. The first-order chi connectivity index (χ1) is 23.8. The zero-order chi connectivity index (χ0) is 37.9. The lowest BCUT2D eigenvalue weighted by Gasteiger charge is -2.52. The van der Waals surface area contributed by atoms with Crippen molar-refractivity contribution < 1.29 is 36.8 Å². The number of carbonyl (C=O) groups is 2. The van der Waals surface area contributed by atoms with Crippen molar-refractivity contribution in [2.24, 2.45) is 0 Å². The maximum Gasteiger partial charge on any atom is 0.340 e. The van der Waals surface area contributed by atoms with Crippen LogP contribution < -0.4 is 0 Å². The van der Waals surface area contributed by atoms with Gasteiger partial charge in [-0.15, -0.1) is 0 Å². The molecule has 1 aliphatic rings. The maximum atomic E-state index is 13.9. The van der Waals surface area contributed by atoms with Crippen molar-refractivity contribution in [3.63, 3.8) is 0 Å². The normalized spacial score (nSPS) is 20.1. The van der Waals surface area contributed by atoms with Gasteiger partial charge in [0, 0.05) is 6.20 Å². The van der Waals surface area contributed by atoms with Crippen LogP contribution >= 0.6 is 0 Å². The van der Waals surface area contributed by atoms with Gasteiger partial charge in [-0.3, -0.25) is 0 Å². The maximum absolute atomic E-state index is 13.9. The molecule has 0 fully saturated rings. The van der Waals surface area contributed by atoms with E-state index in [0.717, 1.165) is 72.5 Å². The Morgan fingerprint density at radius 2 is 0.940 bits per heavy atom. The number of hydrogen-bond acceptors (Lipinski definition) is 8. The van der Waals surface area contributed by atoms with Crippen molar-refractivity contribution in [1.82, 2.24) is 4.57 Å². The molecule has 1 aromatic heterocycles. The van der Waals surface area contributed by atoms with Crippen LogP contribution in [0.5, 0.6) is 0 Å². The number of hydrogen-bond donors (Lipinski definition) is 0. The van der Waals surface area contributed by atoms with E-state index in [9.17, 15) is 9.59 Å². The summed E-state index contributed by atoms with van der Waals surface area (Å²) >= 11 is 0. The smallest absolute Gasteiger partial charge is 0.340 e. The molecule has 0 saturated heterocycles. The fourth-order valence-corrected chi connectivity index (χ4v) is 19.3. The molecule has 2 heterocycles. The van der Waals surface area contributed by atoms with Crippen LogP contribution in [0.3, 0.4) is 0 Å². The number of aromatic nitrogens is 1. The van der Waals surface area contributed by atoms with Crippen LogP contribution in [0.1, 0.15) is 122 Å². The van der Waals surface area contributed by atoms with Gasteiger partial charge in [0.1, 0.15) is 12.2 Å². The summed E-state index contributed by atoms with van der Waals surface area (Å²) in [6.45, 7) is 27.3. The molecule has 4 atom stereocenters. The minimum atomic E-state index is -2.33. The van der Waals surface area contributed by atoms with Crippen LogP contribution in [0.15, 0.2) is 6.20 Å². The molecule has 50 heavy (non-hydrogen) atoms. The molecule has 1 aromatic rings. The topological polar surface area (TPSA) is 94.4 Å². The number of ether oxygens (including phenoxy) is 2. The third-order valence-corrected chi connectivity index (χ3v) is 31.5. The highest BCUT2D eigenvalue weighted by molar-refractivity contribution is 6.75. The molecule has 0 amide bonds. The molecule has 0 radical (unpaired) electrons. The molecular formula is C37H73NO8Si4. The molecule has 2 rings (SSSR count). The summed E-state index contributed by atoms with van der Waals surface area (Å²) in [6, 6.07) is 11.3. The molecule has 0 N–H and O–H groups in total. The Morgan fingerprint density at radius 1 is 0.560 bits per heavy atom. The molecule has 0 aromatic carbocycles. The number of carbonyl (C=O) groups excluding carboxylic acids is 2. The Hall–Kier alpha value is -1.07. The second kappa shape index (κ2) is 19.8. The minimum absolute atomic E-state index is 0.184. The van der Waals surface area contributed by atoms with Gasteiger partial charge in [-0.2, -0.15) is 0 Å². The highest BCUT2D eigenvalue weighted by atomic mass is 28.4. The zero-order valence-corrected chi connectivity index (χ0v) is 38.3. The molecule has 290 valence electrons. The summed E-state index contributed by atoms with van der Waals surface area (Å²) in [6.07, 6.45) is 0.283. The summed E-state index contributed by atoms with van der Waals surface area (Å²) in [4.78, 5) is 27.5. The lowest BCUT2D eigenvalue weighted by molar-refractivity contribution is -0.0865. The van der Waals surface area contributed by atoms with Gasteiger partial charge in [-0.05, 0) is 72.5 Å². The van der Waals surface area contributed by atoms with Crippen LogP contribution in [0.4, 0.5) is 0 Å². The van der Waals surface area contributed by atoms with Crippen molar-refractivity contribution >= 4 is 45.2 Å². The summed E-state index contributed by atoms with van der Waals surface area (Å²) in [7, 11) is -6.20. The Labute approximate surface area is 309 Å². The van der Waals surface area contributed by atoms with Crippen molar-refractivity contribution in [3.05, 3.63) is 23.0 Å². The molecule has 0 spiro atoms. The van der Waals surface area contributed by atoms with E-state index in [0.29, 0.717) is 12.3 Å². The van der Waals surface area contributed by atoms with E-state index in [-0.39, 0.29) is 17.2 Å². The standard InChI is InChI=1S/C37H73NO8Si4/c1-15-47(16-2,17-3)43-28-30-33(44-48(18-4,19-5)20-6)35(46-50(24-10,25-11)26-12)34(45-49(21-7,22-8)23-9)32-31(37(40)42-14)29(27-38(30)32)36(39)41-13/h27,30,33-35H,15-26,28H2,1-14H3/t30-,33-,34+,35+/m1/s1. The van der Waals surface area contributed by atoms with E-state index in [2.05, 4.69) is 87.7 Å². The lowest BCUT2D eigenvalue weighted by Crippen LogP contribution is -2.59. The number of methoxy groups -OCH3 is 2. The van der Waals surface area contributed by atoms with Gasteiger partial charge < -0.3 is 31.7 Å². The number of nitrogens with zero attached hydrogens (tertiary/aromatic N) is 1. The largest absolute Gasteiger partial charge is 0.465 e. The van der Waals surface area contributed by atoms with E-state index in [1.165, 1.54) is 14.2 Å². The fraction of sp³-hybridized carbons (Fsp3) is 0.838. The quantitative estimate of drug-likeness (QED) is 0.0802. The zero-order valence-electron chi connectivity index (χ0n) is 34.3. The van der Waals surface area contributed by atoms with Gasteiger partial charge in [-0.1, -0.05) is 83.1 Å². The molecule has 0 unspecified atom stereocenters. The summed E-state index contributed by atoms with van der Waals surface area (Å²) in [5, 5.41) is 0. The van der Waals surface area contributed by atoms with Gasteiger partial charge in [0.15, 0.2) is 33.3 Å². The molecule has 9 nitrogen and oxygen atoms in total. The van der Waals surface area contributed by atoms with E-state index in [4.69, 9.17) is 27.2 Å². The second-order valence-corrected chi connectivity index (χ2v) is 33.2. The number of rotatable bonds is 23.